The summed E-state index contributed by atoms with van der Waals surface area (Å²) in [5, 5.41) is 3.95. The number of ether oxygens (including phenoxy) is 2. The van der Waals surface area contributed by atoms with Crippen LogP contribution in [0.2, 0.25) is 0 Å². The number of anilines is 2. The minimum Gasteiger partial charge on any atom is -0.457 e. The highest BCUT2D eigenvalue weighted by atomic mass is 16.5. The van der Waals surface area contributed by atoms with Crippen LogP contribution in [-0.4, -0.2) is 39.8 Å². The number of nitrogens with two attached hydrogens (primary N) is 1. The number of methoxy groups -OCH3 is 1. The number of aromatic nitrogens is 4. The molecule has 3 N–H and O–H groups in total. The quantitative estimate of drug-likeness (QED) is 0.440. The van der Waals surface area contributed by atoms with Gasteiger partial charge in [-0.3, -0.25) is 9.36 Å². The lowest BCUT2D eigenvalue weighted by Crippen LogP contribution is -2.24. The molecule has 0 bridgehead atoms. The van der Waals surface area contributed by atoms with Gasteiger partial charge in [0.25, 0.3) is 5.56 Å². The summed E-state index contributed by atoms with van der Waals surface area (Å²) in [5.74, 6) is 2.12. The highest BCUT2D eigenvalue weighted by Gasteiger charge is 2.11. The molecule has 0 aliphatic rings. The number of hydrogen-bond acceptors (Lipinski definition) is 8. The van der Waals surface area contributed by atoms with Gasteiger partial charge in [-0.25, -0.2) is 15.0 Å². The summed E-state index contributed by atoms with van der Waals surface area (Å²) in [6.07, 6.45) is 3.13. The Bertz CT molecular complexity index is 1290. The third-order valence-electron chi connectivity index (χ3n) is 4.68. The summed E-state index contributed by atoms with van der Waals surface area (Å²) in [4.78, 5) is 25.8. The number of nitrogens with one attached hydrogen (secondary N) is 1. The Morgan fingerprint density at radius 1 is 1.10 bits per heavy atom. The molecule has 158 valence electrons. The Kier molecular flexibility index (Phi) is 5.76. The largest absolute Gasteiger partial charge is 0.457 e. The molecule has 0 saturated carbocycles. The lowest BCUT2D eigenvalue weighted by Gasteiger charge is -2.11. The Morgan fingerprint density at radius 3 is 2.74 bits per heavy atom. The Hall–Kier alpha value is -3.98. The third kappa shape index (κ3) is 4.46. The van der Waals surface area contributed by atoms with Crippen molar-refractivity contribution in [1.82, 2.24) is 19.5 Å². The molecule has 4 aromatic rings. The molecule has 0 fully saturated rings. The smallest absolute Gasteiger partial charge is 0.264 e. The standard InChI is InChI=1S/C22H22N6O3/c1-28-21(29)17(13-26-22(28)25-9-10-30-2)19-5-3-14-11-15(4-6-18(14)27-19)31-16-7-8-24-20(23)12-16/h3-8,11-13H,9-10H2,1-2H3,(H2,23,24)(H,25,26). The first-order chi connectivity index (χ1) is 15.0. The van der Waals surface area contributed by atoms with Crippen molar-refractivity contribution in [2.24, 2.45) is 7.05 Å². The van der Waals surface area contributed by atoms with E-state index in [0.717, 1.165) is 10.9 Å². The number of pyridine rings is 2. The first-order valence-electron chi connectivity index (χ1n) is 9.64. The van der Waals surface area contributed by atoms with Gasteiger partial charge < -0.3 is 20.5 Å². The number of nitrogen functional groups attached to an aromatic ring is 1. The van der Waals surface area contributed by atoms with Crippen LogP contribution in [0.3, 0.4) is 0 Å². The molecule has 0 aliphatic carbocycles. The van der Waals surface area contributed by atoms with Gasteiger partial charge in [0.1, 0.15) is 17.3 Å². The van der Waals surface area contributed by atoms with Crippen LogP contribution in [0.5, 0.6) is 11.5 Å². The molecule has 9 nitrogen and oxygen atoms in total. The van der Waals surface area contributed by atoms with E-state index < -0.39 is 0 Å². The van der Waals surface area contributed by atoms with Gasteiger partial charge in [0, 0.05) is 44.5 Å². The van der Waals surface area contributed by atoms with Crippen LogP contribution in [0, 0.1) is 0 Å². The van der Waals surface area contributed by atoms with Crippen LogP contribution >= 0.6 is 0 Å². The van der Waals surface area contributed by atoms with E-state index in [4.69, 9.17) is 15.2 Å². The van der Waals surface area contributed by atoms with Crippen molar-refractivity contribution in [3.8, 4) is 22.8 Å². The molecule has 1 aromatic carbocycles. The topological polar surface area (TPSA) is 117 Å². The molecule has 0 saturated heterocycles. The molecular formula is C22H22N6O3. The van der Waals surface area contributed by atoms with Crippen molar-refractivity contribution in [2.45, 2.75) is 0 Å². The Balaban J connectivity index is 1.61. The maximum atomic E-state index is 12.8. The van der Waals surface area contributed by atoms with E-state index in [1.807, 2.05) is 24.3 Å². The SMILES string of the molecule is COCCNc1ncc(-c2ccc3cc(Oc4ccnc(N)c4)ccc3n2)c(=O)n1C. The van der Waals surface area contributed by atoms with E-state index in [2.05, 4.69) is 20.3 Å². The minimum absolute atomic E-state index is 0.183. The zero-order valence-electron chi connectivity index (χ0n) is 17.2. The average molecular weight is 418 g/mol. The van der Waals surface area contributed by atoms with E-state index in [0.29, 0.717) is 47.7 Å². The molecule has 3 aromatic heterocycles. The maximum Gasteiger partial charge on any atom is 0.264 e. The molecule has 3 heterocycles. The molecule has 9 heteroatoms. The lowest BCUT2D eigenvalue weighted by atomic mass is 10.1. The number of rotatable bonds is 7. The van der Waals surface area contributed by atoms with Crippen LogP contribution in [0.4, 0.5) is 11.8 Å². The fourth-order valence-electron chi connectivity index (χ4n) is 3.09. The third-order valence-corrected chi connectivity index (χ3v) is 4.68. The predicted octanol–water partition coefficient (Wildman–Crippen LogP) is 2.82. The highest BCUT2D eigenvalue weighted by molar-refractivity contribution is 5.82. The second-order valence-electron chi connectivity index (χ2n) is 6.85. The van der Waals surface area contributed by atoms with E-state index in [9.17, 15) is 4.79 Å². The molecule has 31 heavy (non-hydrogen) atoms. The lowest BCUT2D eigenvalue weighted by molar-refractivity contribution is 0.210. The monoisotopic (exact) mass is 418 g/mol. The Morgan fingerprint density at radius 2 is 1.94 bits per heavy atom. The summed E-state index contributed by atoms with van der Waals surface area (Å²) in [5.41, 5.74) is 7.23. The number of nitrogens with zero attached hydrogens (tertiary/aromatic N) is 4. The average Bonchev–Trinajstić information content (AvgIpc) is 2.77. The fourth-order valence-corrected chi connectivity index (χ4v) is 3.09. The summed E-state index contributed by atoms with van der Waals surface area (Å²) in [7, 11) is 3.29. The van der Waals surface area contributed by atoms with Crippen LogP contribution in [0.1, 0.15) is 0 Å². The van der Waals surface area contributed by atoms with E-state index in [1.165, 1.54) is 10.8 Å². The zero-order valence-corrected chi connectivity index (χ0v) is 17.2. The number of benzene rings is 1. The van der Waals surface area contributed by atoms with Gasteiger partial charge in [-0.1, -0.05) is 6.07 Å². The van der Waals surface area contributed by atoms with Gasteiger partial charge in [-0.15, -0.1) is 0 Å². The van der Waals surface area contributed by atoms with Gasteiger partial charge in [0.05, 0.1) is 23.4 Å². The summed E-state index contributed by atoms with van der Waals surface area (Å²) < 4.78 is 12.3. The van der Waals surface area contributed by atoms with Crippen molar-refractivity contribution < 1.29 is 9.47 Å². The number of hydrogen-bond donors (Lipinski definition) is 2. The molecule has 0 aliphatic heterocycles. The maximum absolute atomic E-state index is 12.8. The molecular weight excluding hydrogens is 396 g/mol. The van der Waals surface area contributed by atoms with E-state index in [1.54, 1.807) is 38.6 Å². The van der Waals surface area contributed by atoms with Gasteiger partial charge in [0.2, 0.25) is 5.95 Å². The minimum atomic E-state index is -0.183. The van der Waals surface area contributed by atoms with Crippen LogP contribution in [0.15, 0.2) is 59.7 Å². The fraction of sp³-hybridized carbons (Fsp3) is 0.182. The zero-order chi connectivity index (χ0) is 21.8. The van der Waals surface area contributed by atoms with Crippen LogP contribution in [0.25, 0.3) is 22.2 Å². The van der Waals surface area contributed by atoms with Crippen molar-refractivity contribution in [3.05, 3.63) is 65.2 Å². The summed E-state index contributed by atoms with van der Waals surface area (Å²) in [6.45, 7) is 1.07. The van der Waals surface area contributed by atoms with Gasteiger partial charge in [0.15, 0.2) is 0 Å². The molecule has 0 amide bonds. The number of fused-ring (bicyclic) bond motifs is 1. The molecule has 0 unspecified atom stereocenters. The van der Waals surface area contributed by atoms with Crippen LogP contribution < -0.4 is 21.3 Å². The predicted molar refractivity (Wildman–Crippen MR) is 119 cm³/mol. The molecule has 0 atom stereocenters. The van der Waals surface area contributed by atoms with E-state index in [-0.39, 0.29) is 5.56 Å². The molecule has 4 rings (SSSR count). The normalized spacial score (nSPS) is 10.9. The van der Waals surface area contributed by atoms with Gasteiger partial charge >= 0.3 is 0 Å². The van der Waals surface area contributed by atoms with Crippen molar-refractivity contribution in [1.29, 1.82) is 0 Å². The van der Waals surface area contributed by atoms with Gasteiger partial charge in [-0.05, 0) is 30.3 Å². The second kappa shape index (κ2) is 8.80. The second-order valence-corrected chi connectivity index (χ2v) is 6.85. The van der Waals surface area contributed by atoms with Crippen molar-refractivity contribution >= 4 is 22.7 Å². The summed E-state index contributed by atoms with van der Waals surface area (Å²) in [6, 6.07) is 12.6. The first kappa shape index (κ1) is 20.3. The van der Waals surface area contributed by atoms with Crippen LogP contribution in [-0.2, 0) is 11.8 Å². The molecule has 0 radical (unpaired) electrons. The van der Waals surface area contributed by atoms with Crippen molar-refractivity contribution in [3.63, 3.8) is 0 Å². The molecule has 0 spiro atoms. The van der Waals surface area contributed by atoms with Crippen molar-refractivity contribution in [2.75, 3.05) is 31.3 Å². The van der Waals surface area contributed by atoms with Gasteiger partial charge in [-0.2, -0.15) is 0 Å². The summed E-state index contributed by atoms with van der Waals surface area (Å²) >= 11 is 0. The Labute approximate surface area is 178 Å². The first-order valence-corrected chi connectivity index (χ1v) is 9.64. The van der Waals surface area contributed by atoms with E-state index >= 15 is 0 Å². The highest BCUT2D eigenvalue weighted by Crippen LogP contribution is 2.27.